The SMILES string of the molecule is C/C(=N\OCc1nnc(Nc2ccccc2)o1)c1ccccc1. The van der Waals surface area contributed by atoms with E-state index in [1.165, 1.54) is 0 Å². The van der Waals surface area contributed by atoms with Gasteiger partial charge in [0.05, 0.1) is 5.71 Å². The maximum absolute atomic E-state index is 5.45. The highest BCUT2D eigenvalue weighted by atomic mass is 16.6. The van der Waals surface area contributed by atoms with Gasteiger partial charge in [0, 0.05) is 5.69 Å². The molecule has 0 atom stereocenters. The van der Waals surface area contributed by atoms with Crippen LogP contribution in [0.5, 0.6) is 0 Å². The summed E-state index contributed by atoms with van der Waals surface area (Å²) in [7, 11) is 0. The molecular formula is C17H16N4O2. The molecular weight excluding hydrogens is 292 g/mol. The van der Waals surface area contributed by atoms with Crippen LogP contribution in [0.4, 0.5) is 11.7 Å². The predicted octanol–water partition coefficient (Wildman–Crippen LogP) is 3.75. The van der Waals surface area contributed by atoms with Gasteiger partial charge in [0.1, 0.15) is 0 Å². The van der Waals surface area contributed by atoms with Crippen LogP contribution >= 0.6 is 0 Å². The van der Waals surface area contributed by atoms with Crippen molar-refractivity contribution < 1.29 is 9.25 Å². The third kappa shape index (κ3) is 4.16. The molecule has 116 valence electrons. The van der Waals surface area contributed by atoms with Crippen LogP contribution in [0.3, 0.4) is 0 Å². The quantitative estimate of drug-likeness (QED) is 0.554. The molecule has 0 fully saturated rings. The predicted molar refractivity (Wildman–Crippen MR) is 87.5 cm³/mol. The van der Waals surface area contributed by atoms with Gasteiger partial charge < -0.3 is 14.6 Å². The molecule has 0 amide bonds. The van der Waals surface area contributed by atoms with Gasteiger partial charge in [0.2, 0.25) is 0 Å². The molecule has 3 aromatic rings. The van der Waals surface area contributed by atoms with E-state index in [-0.39, 0.29) is 6.61 Å². The van der Waals surface area contributed by atoms with Crippen molar-refractivity contribution in [1.82, 2.24) is 10.2 Å². The van der Waals surface area contributed by atoms with Crippen molar-refractivity contribution >= 4 is 17.4 Å². The Labute approximate surface area is 133 Å². The van der Waals surface area contributed by atoms with Crippen LogP contribution < -0.4 is 5.32 Å². The lowest BCUT2D eigenvalue weighted by molar-refractivity contribution is 0.111. The smallest absolute Gasteiger partial charge is 0.320 e. The molecule has 0 bridgehead atoms. The third-order valence-corrected chi connectivity index (χ3v) is 3.07. The maximum atomic E-state index is 5.45. The van der Waals surface area contributed by atoms with Crippen molar-refractivity contribution in [3.05, 3.63) is 72.1 Å². The number of hydrogen-bond donors (Lipinski definition) is 1. The Morgan fingerprint density at radius 3 is 2.48 bits per heavy atom. The van der Waals surface area contributed by atoms with Crippen molar-refractivity contribution in [1.29, 1.82) is 0 Å². The lowest BCUT2D eigenvalue weighted by atomic mass is 10.1. The van der Waals surface area contributed by atoms with Gasteiger partial charge >= 0.3 is 6.01 Å². The molecule has 0 saturated carbocycles. The molecule has 0 aliphatic carbocycles. The molecule has 0 aliphatic heterocycles. The van der Waals surface area contributed by atoms with Gasteiger partial charge in [-0.1, -0.05) is 58.8 Å². The van der Waals surface area contributed by atoms with E-state index in [9.17, 15) is 0 Å². The maximum Gasteiger partial charge on any atom is 0.320 e. The molecule has 1 aromatic heterocycles. The topological polar surface area (TPSA) is 72.5 Å². The molecule has 0 aliphatic rings. The minimum atomic E-state index is 0.119. The van der Waals surface area contributed by atoms with E-state index >= 15 is 0 Å². The minimum absolute atomic E-state index is 0.119. The Kier molecular flexibility index (Phi) is 4.63. The van der Waals surface area contributed by atoms with Gasteiger partial charge in [-0.15, -0.1) is 5.10 Å². The van der Waals surface area contributed by atoms with E-state index < -0.39 is 0 Å². The number of oxime groups is 1. The van der Waals surface area contributed by atoms with E-state index in [0.717, 1.165) is 17.0 Å². The number of rotatable bonds is 6. The van der Waals surface area contributed by atoms with Crippen LogP contribution in [0.25, 0.3) is 0 Å². The van der Waals surface area contributed by atoms with Crippen molar-refractivity contribution in [2.45, 2.75) is 13.5 Å². The minimum Gasteiger partial charge on any atom is -0.404 e. The Morgan fingerprint density at radius 1 is 1.04 bits per heavy atom. The molecule has 0 radical (unpaired) electrons. The van der Waals surface area contributed by atoms with Gasteiger partial charge in [-0.2, -0.15) is 0 Å². The number of anilines is 2. The summed E-state index contributed by atoms with van der Waals surface area (Å²) in [4.78, 5) is 5.26. The van der Waals surface area contributed by atoms with Crippen LogP contribution in [0, 0.1) is 0 Å². The summed E-state index contributed by atoms with van der Waals surface area (Å²) < 4.78 is 5.45. The van der Waals surface area contributed by atoms with Crippen LogP contribution in [0.1, 0.15) is 18.4 Å². The highest BCUT2D eigenvalue weighted by molar-refractivity contribution is 5.98. The van der Waals surface area contributed by atoms with Gasteiger partial charge in [0.15, 0.2) is 6.61 Å². The molecule has 2 aromatic carbocycles. The van der Waals surface area contributed by atoms with Gasteiger partial charge in [-0.05, 0) is 24.6 Å². The summed E-state index contributed by atoms with van der Waals surface area (Å²) in [5, 5.41) is 14.9. The highest BCUT2D eigenvalue weighted by Gasteiger charge is 2.06. The third-order valence-electron chi connectivity index (χ3n) is 3.07. The number of nitrogens with one attached hydrogen (secondary N) is 1. The number of hydrogen-bond acceptors (Lipinski definition) is 6. The Morgan fingerprint density at radius 2 is 1.74 bits per heavy atom. The number of para-hydroxylation sites is 1. The average molecular weight is 308 g/mol. The van der Waals surface area contributed by atoms with E-state index in [1.807, 2.05) is 67.6 Å². The van der Waals surface area contributed by atoms with Crippen molar-refractivity contribution in [2.24, 2.45) is 5.16 Å². The van der Waals surface area contributed by atoms with E-state index in [2.05, 4.69) is 20.7 Å². The second-order valence-electron chi connectivity index (χ2n) is 4.81. The zero-order valence-electron chi connectivity index (χ0n) is 12.6. The van der Waals surface area contributed by atoms with E-state index in [4.69, 9.17) is 9.25 Å². The normalized spacial score (nSPS) is 11.3. The Balaban J connectivity index is 1.55. The van der Waals surface area contributed by atoms with Gasteiger partial charge in [-0.3, -0.25) is 0 Å². The summed E-state index contributed by atoms with van der Waals surface area (Å²) in [5.74, 6) is 0.355. The first kappa shape index (κ1) is 14.8. The van der Waals surface area contributed by atoms with Crippen LogP contribution in [-0.2, 0) is 11.4 Å². The zero-order valence-corrected chi connectivity index (χ0v) is 12.6. The molecule has 1 N–H and O–H groups in total. The van der Waals surface area contributed by atoms with E-state index in [1.54, 1.807) is 0 Å². The second kappa shape index (κ2) is 7.22. The summed E-state index contributed by atoms with van der Waals surface area (Å²) in [5.41, 5.74) is 2.67. The highest BCUT2D eigenvalue weighted by Crippen LogP contribution is 2.14. The fraction of sp³-hybridized carbons (Fsp3) is 0.118. The average Bonchev–Trinajstić information content (AvgIpc) is 3.04. The molecule has 3 rings (SSSR count). The van der Waals surface area contributed by atoms with Crippen LogP contribution in [-0.4, -0.2) is 15.9 Å². The van der Waals surface area contributed by atoms with Crippen LogP contribution in [0.15, 0.2) is 70.2 Å². The lowest BCUT2D eigenvalue weighted by Crippen LogP contribution is -1.96. The monoisotopic (exact) mass is 308 g/mol. The molecule has 23 heavy (non-hydrogen) atoms. The fourth-order valence-electron chi connectivity index (χ4n) is 1.92. The molecule has 0 spiro atoms. The van der Waals surface area contributed by atoms with Gasteiger partial charge in [-0.25, -0.2) is 0 Å². The first-order chi connectivity index (χ1) is 11.3. The second-order valence-corrected chi connectivity index (χ2v) is 4.81. The largest absolute Gasteiger partial charge is 0.404 e. The summed E-state index contributed by atoms with van der Waals surface area (Å²) in [6, 6.07) is 19.7. The number of benzene rings is 2. The Hall–Kier alpha value is -3.15. The summed E-state index contributed by atoms with van der Waals surface area (Å²) >= 11 is 0. The molecule has 0 saturated heterocycles. The fourth-order valence-corrected chi connectivity index (χ4v) is 1.92. The molecule has 6 heteroatoms. The summed E-state index contributed by atoms with van der Waals surface area (Å²) in [6.45, 7) is 2.00. The van der Waals surface area contributed by atoms with Crippen molar-refractivity contribution in [3.8, 4) is 0 Å². The first-order valence-electron chi connectivity index (χ1n) is 7.18. The molecule has 0 unspecified atom stereocenters. The van der Waals surface area contributed by atoms with Crippen LogP contribution in [0.2, 0.25) is 0 Å². The van der Waals surface area contributed by atoms with E-state index in [0.29, 0.717) is 11.9 Å². The first-order valence-corrected chi connectivity index (χ1v) is 7.18. The zero-order chi connectivity index (χ0) is 15.9. The Bertz CT molecular complexity index is 770. The molecule has 1 heterocycles. The van der Waals surface area contributed by atoms with Crippen molar-refractivity contribution in [2.75, 3.05) is 5.32 Å². The standard InChI is InChI=1S/C17H16N4O2/c1-13(14-8-4-2-5-9-14)21-22-12-16-19-20-17(23-16)18-15-10-6-3-7-11-15/h2-11H,12H2,1H3,(H,18,20)/b21-13+. The lowest BCUT2D eigenvalue weighted by Gasteiger charge is -2.00. The number of aromatic nitrogens is 2. The van der Waals surface area contributed by atoms with Gasteiger partial charge in [0.25, 0.3) is 5.89 Å². The summed E-state index contributed by atoms with van der Waals surface area (Å²) in [6.07, 6.45) is 0. The molecule has 6 nitrogen and oxygen atoms in total. The van der Waals surface area contributed by atoms with Crippen molar-refractivity contribution in [3.63, 3.8) is 0 Å². The number of nitrogens with zero attached hydrogens (tertiary/aromatic N) is 3.